The van der Waals surface area contributed by atoms with E-state index in [1.54, 1.807) is 24.3 Å². The van der Waals surface area contributed by atoms with E-state index in [-0.39, 0.29) is 11.5 Å². The van der Waals surface area contributed by atoms with Gasteiger partial charge in [-0.05, 0) is 142 Å². The number of nitrogens with zero attached hydrogens (tertiary/aromatic N) is 4. The molecule has 7 heteroatoms. The van der Waals surface area contributed by atoms with E-state index < -0.39 is 0 Å². The van der Waals surface area contributed by atoms with E-state index in [1.807, 2.05) is 65.8 Å². The fourth-order valence-corrected chi connectivity index (χ4v) is 5.68. The minimum Gasteiger partial charge on any atom is -0.508 e. The highest BCUT2D eigenvalue weighted by molar-refractivity contribution is 5.72. The van der Waals surface area contributed by atoms with Crippen LogP contribution in [0.3, 0.4) is 0 Å². The summed E-state index contributed by atoms with van der Waals surface area (Å²) < 4.78 is 9.68. The molecular formula is C40H38N4O3. The topological polar surface area (TPSA) is 89.2 Å². The molecule has 0 saturated carbocycles. The molecule has 0 bridgehead atoms. The van der Waals surface area contributed by atoms with Crippen molar-refractivity contribution in [1.82, 2.24) is 19.6 Å². The van der Waals surface area contributed by atoms with Crippen LogP contribution in [-0.4, -0.2) is 29.8 Å². The summed E-state index contributed by atoms with van der Waals surface area (Å²) >= 11 is 0. The molecule has 2 N–H and O–H groups in total. The second kappa shape index (κ2) is 12.9. The molecule has 0 unspecified atom stereocenters. The Kier molecular flexibility index (Phi) is 8.55. The normalized spacial score (nSPS) is 10.9. The first-order chi connectivity index (χ1) is 22.5. The van der Waals surface area contributed by atoms with Gasteiger partial charge >= 0.3 is 0 Å². The molecule has 7 nitrogen and oxygen atoms in total. The molecule has 47 heavy (non-hydrogen) atoms. The van der Waals surface area contributed by atoms with Crippen LogP contribution in [0.1, 0.15) is 28.0 Å². The summed E-state index contributed by atoms with van der Waals surface area (Å²) in [5, 5.41) is 28.3. The lowest BCUT2D eigenvalue weighted by molar-refractivity contribution is 0.475. The predicted octanol–water partition coefficient (Wildman–Crippen LogP) is 9.51. The van der Waals surface area contributed by atoms with Crippen molar-refractivity contribution in [1.29, 1.82) is 0 Å². The summed E-state index contributed by atoms with van der Waals surface area (Å²) in [6.45, 7) is 10.3. The van der Waals surface area contributed by atoms with E-state index in [1.165, 1.54) is 27.8 Å². The molecule has 236 valence electrons. The molecule has 0 fully saturated rings. The molecule has 0 aliphatic heterocycles. The second-order valence-corrected chi connectivity index (χ2v) is 12.0. The predicted molar refractivity (Wildman–Crippen MR) is 188 cm³/mol. The first-order valence-electron chi connectivity index (χ1n) is 15.5. The van der Waals surface area contributed by atoms with Gasteiger partial charge in [0.15, 0.2) is 5.76 Å². The third-order valence-corrected chi connectivity index (χ3v) is 8.03. The molecule has 0 aliphatic rings. The lowest BCUT2D eigenvalue weighted by atomic mass is 10.0. The fourth-order valence-electron chi connectivity index (χ4n) is 5.68. The highest BCUT2D eigenvalue weighted by Crippen LogP contribution is 2.32. The van der Waals surface area contributed by atoms with Gasteiger partial charge in [-0.2, -0.15) is 10.2 Å². The summed E-state index contributed by atoms with van der Waals surface area (Å²) in [7, 11) is 1.96. The van der Waals surface area contributed by atoms with E-state index >= 15 is 0 Å². The van der Waals surface area contributed by atoms with Crippen molar-refractivity contribution in [2.24, 2.45) is 7.05 Å². The number of furan rings is 1. The zero-order chi connectivity index (χ0) is 33.2. The lowest BCUT2D eigenvalue weighted by Gasteiger charge is -2.08. The molecule has 0 spiro atoms. The second-order valence-electron chi connectivity index (χ2n) is 12.0. The van der Waals surface area contributed by atoms with Crippen LogP contribution in [0, 0.1) is 34.6 Å². The summed E-state index contributed by atoms with van der Waals surface area (Å²) in [4.78, 5) is 0. The third kappa shape index (κ3) is 6.89. The monoisotopic (exact) mass is 622 g/mol. The van der Waals surface area contributed by atoms with Crippen LogP contribution in [0.15, 0.2) is 114 Å². The standard InChI is InChI=1S/C22H20N2O2.C18H18N2O/c1-14-10-15(2)12-18(11-14)24-21(22-9-4-16(3)26-22)13-20(23-24)17-5-7-19(25)8-6-17;1-12-4-5-13(2)16(10-12)18-11-17(19-20(18)3)14-6-8-15(21)9-7-14/h4-13,25H,1-3H3;4-11,21H,1-3H3. The summed E-state index contributed by atoms with van der Waals surface area (Å²) in [5.74, 6) is 2.15. The molecule has 0 radical (unpaired) electrons. The van der Waals surface area contributed by atoms with Crippen molar-refractivity contribution < 1.29 is 14.6 Å². The van der Waals surface area contributed by atoms with Crippen molar-refractivity contribution in [2.45, 2.75) is 34.6 Å². The molecule has 0 amide bonds. The van der Waals surface area contributed by atoms with Crippen molar-refractivity contribution >= 4 is 0 Å². The number of phenolic OH excluding ortho intramolecular Hbond substituents is 2. The van der Waals surface area contributed by atoms with Crippen LogP contribution in [0.25, 0.3) is 50.9 Å². The molecule has 0 aliphatic carbocycles. The quantitative estimate of drug-likeness (QED) is 0.200. The van der Waals surface area contributed by atoms with Gasteiger partial charge < -0.3 is 14.6 Å². The van der Waals surface area contributed by atoms with Crippen LogP contribution in [0.4, 0.5) is 0 Å². The number of aromatic nitrogens is 4. The SMILES string of the molecule is Cc1cc(C)cc(-n2nc(-c3ccc(O)cc3)cc2-c2ccc(C)o2)c1.Cc1ccc(C)c(-c2cc(-c3ccc(O)cc3)nn2C)c1. The fraction of sp³-hybridized carbons (Fsp3) is 0.150. The van der Waals surface area contributed by atoms with Crippen LogP contribution in [0.2, 0.25) is 0 Å². The molecule has 3 aromatic heterocycles. The first kappa shape index (κ1) is 31.2. The molecule has 7 rings (SSSR count). The minimum atomic E-state index is 0.240. The highest BCUT2D eigenvalue weighted by Gasteiger charge is 2.16. The van der Waals surface area contributed by atoms with Gasteiger partial charge in [-0.15, -0.1) is 0 Å². The number of benzene rings is 4. The van der Waals surface area contributed by atoms with Crippen LogP contribution < -0.4 is 0 Å². The lowest BCUT2D eigenvalue weighted by Crippen LogP contribution is -2.00. The van der Waals surface area contributed by atoms with Gasteiger partial charge in [0.2, 0.25) is 0 Å². The summed E-state index contributed by atoms with van der Waals surface area (Å²) in [5.41, 5.74) is 12.7. The van der Waals surface area contributed by atoms with Crippen molar-refractivity contribution in [3.05, 3.63) is 137 Å². The Bertz CT molecular complexity index is 2150. The third-order valence-electron chi connectivity index (χ3n) is 8.03. The van der Waals surface area contributed by atoms with Gasteiger partial charge in [-0.25, -0.2) is 4.68 Å². The maximum atomic E-state index is 9.54. The largest absolute Gasteiger partial charge is 0.508 e. The maximum Gasteiger partial charge on any atom is 0.152 e. The Hall–Kier alpha value is -5.82. The number of aryl methyl sites for hydroxylation is 6. The van der Waals surface area contributed by atoms with Gasteiger partial charge in [0, 0.05) is 23.7 Å². The number of phenols is 2. The average Bonchev–Trinajstić information content (AvgIpc) is 3.77. The zero-order valence-electron chi connectivity index (χ0n) is 27.5. The van der Waals surface area contributed by atoms with Gasteiger partial charge in [0.1, 0.15) is 23.0 Å². The van der Waals surface area contributed by atoms with E-state index in [0.717, 1.165) is 51.1 Å². The number of aromatic hydroxyl groups is 2. The molecule has 0 atom stereocenters. The number of rotatable bonds is 5. The molecule has 7 aromatic rings. The Morgan fingerprint density at radius 1 is 0.553 bits per heavy atom. The highest BCUT2D eigenvalue weighted by atomic mass is 16.3. The number of hydrogen-bond donors (Lipinski definition) is 2. The molecule has 3 heterocycles. The first-order valence-corrected chi connectivity index (χ1v) is 15.5. The molecule has 0 saturated heterocycles. The van der Waals surface area contributed by atoms with E-state index in [9.17, 15) is 10.2 Å². The van der Waals surface area contributed by atoms with Crippen LogP contribution in [0.5, 0.6) is 11.5 Å². The van der Waals surface area contributed by atoms with E-state index in [4.69, 9.17) is 9.52 Å². The van der Waals surface area contributed by atoms with Gasteiger partial charge in [-0.1, -0.05) is 23.8 Å². The Morgan fingerprint density at radius 3 is 1.70 bits per heavy atom. The van der Waals surface area contributed by atoms with Crippen LogP contribution >= 0.6 is 0 Å². The van der Waals surface area contributed by atoms with Crippen molar-refractivity contribution in [2.75, 3.05) is 0 Å². The van der Waals surface area contributed by atoms with Crippen molar-refractivity contribution in [3.63, 3.8) is 0 Å². The van der Waals surface area contributed by atoms with Crippen LogP contribution in [-0.2, 0) is 7.05 Å². The zero-order valence-corrected chi connectivity index (χ0v) is 27.5. The van der Waals surface area contributed by atoms with Gasteiger partial charge in [-0.3, -0.25) is 4.68 Å². The van der Waals surface area contributed by atoms with Gasteiger partial charge in [0.25, 0.3) is 0 Å². The van der Waals surface area contributed by atoms with Crippen molar-refractivity contribution in [3.8, 4) is 62.4 Å². The molecular weight excluding hydrogens is 584 g/mol. The number of hydrogen-bond acceptors (Lipinski definition) is 5. The van der Waals surface area contributed by atoms with E-state index in [0.29, 0.717) is 0 Å². The minimum absolute atomic E-state index is 0.240. The summed E-state index contributed by atoms with van der Waals surface area (Å²) in [6, 6.07) is 35.0. The van der Waals surface area contributed by atoms with E-state index in [2.05, 4.69) is 75.3 Å². The average molecular weight is 623 g/mol. The Morgan fingerprint density at radius 2 is 1.13 bits per heavy atom. The Labute approximate surface area is 275 Å². The maximum absolute atomic E-state index is 9.54. The van der Waals surface area contributed by atoms with Gasteiger partial charge in [0.05, 0.1) is 22.8 Å². The smallest absolute Gasteiger partial charge is 0.152 e. The Balaban J connectivity index is 0.000000168. The summed E-state index contributed by atoms with van der Waals surface area (Å²) in [6.07, 6.45) is 0. The molecule has 4 aromatic carbocycles.